The van der Waals surface area contributed by atoms with E-state index in [-0.39, 0.29) is 11.9 Å². The Morgan fingerprint density at radius 3 is 1.89 bits per heavy atom. The lowest BCUT2D eigenvalue weighted by atomic mass is 9.90. The number of hydrogen-bond acceptors (Lipinski definition) is 12. The zero-order valence-corrected chi connectivity index (χ0v) is 42.8. The molecule has 2 aromatic carbocycles. The topological polar surface area (TPSA) is 209 Å². The third-order valence-corrected chi connectivity index (χ3v) is 16.4. The Labute approximate surface area is 431 Å². The molecule has 6 aromatic heterocycles. The van der Waals surface area contributed by atoms with Crippen LogP contribution in [0.5, 0.6) is 0 Å². The van der Waals surface area contributed by atoms with Gasteiger partial charge in [0.1, 0.15) is 41.5 Å². The average Bonchev–Trinajstić information content (AvgIpc) is 4.20. The smallest absolute Gasteiger partial charge is 0.251 e. The number of amides is 1. The van der Waals surface area contributed by atoms with Crippen LogP contribution in [0.4, 0.5) is 0 Å². The monoisotopic (exact) mass is 1010 g/mol. The predicted molar refractivity (Wildman–Crippen MR) is 276 cm³/mol. The van der Waals surface area contributed by atoms with Gasteiger partial charge in [-0.25, -0.2) is 4.52 Å². The van der Waals surface area contributed by atoms with Crippen LogP contribution < -0.4 is 10.00 Å². The van der Waals surface area contributed by atoms with Crippen LogP contribution in [0.15, 0.2) is 111 Å². The van der Waals surface area contributed by atoms with Gasteiger partial charge in [-0.05, 0) is 89.6 Å². The highest BCUT2D eigenvalue weighted by molar-refractivity contribution is 8.00. The molecule has 0 bridgehead atoms. The molecular weight excluding hydrogens is 953 g/mol. The summed E-state index contributed by atoms with van der Waals surface area (Å²) < 4.78 is 9.69. The molecule has 366 valence electrons. The number of nitrogens with one attached hydrogen (secondary N) is 1. The number of carbonyl (C=O) groups is 1. The van der Waals surface area contributed by atoms with Crippen LogP contribution in [-0.2, 0) is 4.79 Å². The Hall–Kier alpha value is -7.71. The van der Waals surface area contributed by atoms with Crippen LogP contribution in [0.2, 0.25) is 0 Å². The van der Waals surface area contributed by atoms with Crippen molar-refractivity contribution < 1.29 is 14.6 Å². The number of hydrogen-bond donors (Lipinski definition) is 2. The number of benzene rings is 2. The lowest BCUT2D eigenvalue weighted by Gasteiger charge is -2.33. The molecule has 1 saturated heterocycles. The number of pyridine rings is 2. The summed E-state index contributed by atoms with van der Waals surface area (Å²) >= 11 is 2.79. The largest absolute Gasteiger partial charge is 0.384 e. The van der Waals surface area contributed by atoms with E-state index in [0.717, 1.165) is 74.0 Å². The van der Waals surface area contributed by atoms with Crippen LogP contribution in [0.1, 0.15) is 105 Å². The lowest BCUT2D eigenvalue weighted by Crippen LogP contribution is -2.43. The summed E-state index contributed by atoms with van der Waals surface area (Å²) in [6, 6.07) is 27.8. The van der Waals surface area contributed by atoms with E-state index in [1.165, 1.54) is 30.4 Å². The summed E-state index contributed by atoms with van der Waals surface area (Å²) in [5.41, 5.74) is 9.16. The number of likely N-dealkylation sites (tertiary alicyclic amines) is 1. The number of nitrogens with zero attached hydrogens (tertiary/aromatic N) is 13. The van der Waals surface area contributed by atoms with E-state index in [2.05, 4.69) is 66.2 Å². The van der Waals surface area contributed by atoms with Gasteiger partial charge in [-0.3, -0.25) is 14.2 Å². The number of aliphatic hydroxyl groups excluding tert-OH is 1. The van der Waals surface area contributed by atoms with Crippen LogP contribution in [0, 0.1) is 59.2 Å². The predicted octanol–water partition coefficient (Wildman–Crippen LogP) is 9.02. The normalized spacial score (nSPS) is 16.6. The number of rotatable bonds is 12. The van der Waals surface area contributed by atoms with Gasteiger partial charge in [0.2, 0.25) is 11.9 Å². The Morgan fingerprint density at radius 1 is 0.685 bits per heavy atom. The molecule has 16 nitrogen and oxygen atoms in total. The third-order valence-electron chi connectivity index (χ3n) is 14.2. The van der Waals surface area contributed by atoms with Crippen molar-refractivity contribution in [1.82, 2.24) is 43.9 Å². The molecule has 10 rings (SSSR count). The minimum atomic E-state index is -1.05. The van der Waals surface area contributed by atoms with Crippen LogP contribution in [0.3, 0.4) is 0 Å². The fourth-order valence-electron chi connectivity index (χ4n) is 10.5. The Bertz CT molecular complexity index is 3610. The molecule has 1 aliphatic carbocycles. The minimum Gasteiger partial charge on any atom is -0.384 e. The highest BCUT2D eigenvalue weighted by atomic mass is 32.2. The van der Waals surface area contributed by atoms with Gasteiger partial charge in [-0.1, -0.05) is 54.2 Å². The number of piperidine rings is 1. The van der Waals surface area contributed by atoms with E-state index < -0.39 is 6.10 Å². The molecule has 1 atom stereocenters. The maximum atomic E-state index is 12.5. The SMILES string of the molecule is Cc1c(-c2cc(Sc3ccc(-[n+]4cc(C#N)c5c(Sc6ccccc6C#N)cc(-c6cnn(C7CCN(C(=O)[C@H](C)O)CC7)c6C)cn54)cc3C#N)c3c(C#N)cnn3c2)cnn1C1CCC(NC(C)C)CC1. The molecule has 0 radical (unpaired) electrons. The first-order chi connectivity index (χ1) is 35.4. The first-order valence-corrected chi connectivity index (χ1v) is 26.1. The Morgan fingerprint density at radius 2 is 1.27 bits per heavy atom. The van der Waals surface area contributed by atoms with Gasteiger partial charge in [0.15, 0.2) is 0 Å². The quantitative estimate of drug-likeness (QED) is 0.110. The molecule has 0 unspecified atom stereocenters. The second-order valence-corrected chi connectivity index (χ2v) is 21.3. The molecular formula is C55H53N14O2S2+. The van der Waals surface area contributed by atoms with Gasteiger partial charge in [-0.2, -0.15) is 36.3 Å². The van der Waals surface area contributed by atoms with Gasteiger partial charge >= 0.3 is 0 Å². The molecule has 73 heavy (non-hydrogen) atoms. The summed E-state index contributed by atoms with van der Waals surface area (Å²) in [4.78, 5) is 17.2. The zero-order valence-electron chi connectivity index (χ0n) is 41.2. The van der Waals surface area contributed by atoms with E-state index in [1.807, 2.05) is 82.0 Å². The Balaban J connectivity index is 1.02. The molecule has 7 heterocycles. The number of nitriles is 4. The van der Waals surface area contributed by atoms with E-state index >= 15 is 0 Å². The third kappa shape index (κ3) is 9.36. The molecule has 18 heteroatoms. The maximum absolute atomic E-state index is 12.5. The lowest BCUT2D eigenvalue weighted by molar-refractivity contribution is -0.667. The fourth-order valence-corrected chi connectivity index (χ4v) is 12.7. The molecule has 1 aliphatic heterocycles. The van der Waals surface area contributed by atoms with Gasteiger partial charge in [-0.15, -0.1) is 4.52 Å². The standard InChI is InChI=1S/C55H53N14O2S2/c1-33(2)63-43-10-12-44(13-11-43)68-34(3)47(28-61-68)39-21-51(53-41(25-58)27-60-65(53)30-39)73-50-15-14-46(20-38(50)24-57)66-32-42(26-59)54-52(72-49-9-7-6-8-37(49)23-56)22-40(31-67(54)66)48-29-62-69(35(48)4)45-16-18-64(19-17-45)55(71)36(5)70/h6-9,14-15,20-22,27-33,36,43-45,63,70H,10-13,16-19H2,1-5H3/q+1/t36-,43?,44?/m0/s1. The first-order valence-electron chi connectivity index (χ1n) is 24.5. The highest BCUT2D eigenvalue weighted by Crippen LogP contribution is 2.41. The molecule has 0 spiro atoms. The number of aliphatic hydroxyl groups is 1. The van der Waals surface area contributed by atoms with Gasteiger partial charge in [0, 0.05) is 96.7 Å². The van der Waals surface area contributed by atoms with Crippen LogP contribution in [0.25, 0.3) is 39.0 Å². The molecule has 8 aromatic rings. The van der Waals surface area contributed by atoms with Gasteiger partial charge in [0.25, 0.3) is 5.91 Å². The number of fused-ring (bicyclic) bond motifs is 2. The summed E-state index contributed by atoms with van der Waals surface area (Å²) in [5, 5.41) is 69.8. The van der Waals surface area contributed by atoms with Crippen LogP contribution >= 0.6 is 23.5 Å². The average molecular weight is 1010 g/mol. The van der Waals surface area contributed by atoms with Gasteiger partial charge < -0.3 is 15.3 Å². The van der Waals surface area contributed by atoms with Crippen LogP contribution in [-0.4, -0.2) is 80.9 Å². The van der Waals surface area contributed by atoms with Crippen molar-refractivity contribution in [1.29, 1.82) is 21.0 Å². The summed E-state index contributed by atoms with van der Waals surface area (Å²) in [5.74, 6) is -0.270. The fraction of sp³-hybridized carbons (Fsp3) is 0.327. The highest BCUT2D eigenvalue weighted by Gasteiger charge is 2.31. The van der Waals surface area contributed by atoms with Crippen molar-refractivity contribution in [2.45, 2.75) is 123 Å². The molecule has 2 N–H and O–H groups in total. The summed E-state index contributed by atoms with van der Waals surface area (Å²) in [6.07, 6.45) is 15.6. The molecule has 1 amide bonds. The second-order valence-electron chi connectivity index (χ2n) is 19.2. The minimum absolute atomic E-state index is 0.0452. The maximum Gasteiger partial charge on any atom is 0.251 e. The van der Waals surface area contributed by atoms with E-state index in [9.17, 15) is 30.9 Å². The number of carbonyl (C=O) groups excluding carboxylic acids is 1. The van der Waals surface area contributed by atoms with Crippen molar-refractivity contribution in [2.24, 2.45) is 0 Å². The first kappa shape index (κ1) is 48.9. The second kappa shape index (κ2) is 20.4. The van der Waals surface area contributed by atoms with E-state index in [1.54, 1.807) is 33.9 Å². The van der Waals surface area contributed by atoms with Crippen molar-refractivity contribution in [2.75, 3.05) is 13.1 Å². The molecule has 1 saturated carbocycles. The van der Waals surface area contributed by atoms with Crippen molar-refractivity contribution in [3.63, 3.8) is 0 Å². The summed E-state index contributed by atoms with van der Waals surface area (Å²) in [7, 11) is 0. The number of aromatic nitrogens is 8. The van der Waals surface area contributed by atoms with Crippen molar-refractivity contribution in [3.05, 3.63) is 125 Å². The molecule has 2 fully saturated rings. The van der Waals surface area contributed by atoms with Gasteiger partial charge in [0.05, 0.1) is 59.1 Å². The van der Waals surface area contributed by atoms with E-state index in [0.29, 0.717) is 87.9 Å². The van der Waals surface area contributed by atoms with Crippen molar-refractivity contribution >= 4 is 40.5 Å². The zero-order chi connectivity index (χ0) is 51.1. The Kier molecular flexibility index (Phi) is 13.7. The van der Waals surface area contributed by atoms with Crippen molar-refractivity contribution in [3.8, 4) is 52.2 Å². The molecule has 2 aliphatic rings. The van der Waals surface area contributed by atoms with E-state index in [4.69, 9.17) is 10.2 Å². The summed E-state index contributed by atoms with van der Waals surface area (Å²) in [6.45, 7) is 11.0.